The molecule has 0 saturated carbocycles. The Hall–Kier alpha value is -3.68. The molecule has 26 heavy (non-hydrogen) atoms. The predicted molar refractivity (Wildman–Crippen MR) is 93.2 cm³/mol. The smallest absolute Gasteiger partial charge is 0.229 e. The highest BCUT2D eigenvalue weighted by Gasteiger charge is 2.09. The van der Waals surface area contributed by atoms with E-state index in [1.165, 1.54) is 6.39 Å². The fourth-order valence-corrected chi connectivity index (χ4v) is 2.38. The molecule has 0 saturated heterocycles. The number of hydrogen-bond donors (Lipinski definition) is 2. The van der Waals surface area contributed by atoms with Crippen LogP contribution in [0.25, 0.3) is 11.3 Å². The zero-order valence-electron chi connectivity index (χ0n) is 13.5. The standard InChI is InChI=1S/C18H14FN5O2/c19-15-9-21-18(24-17(15)20-8-14-5-2-6-26-14)23-13-4-1-3-12(7-13)16-10-25-11-22-16/h1-7,9-11H,8H2,(H2,20,21,23,24). The van der Waals surface area contributed by atoms with Gasteiger partial charge in [-0.05, 0) is 24.3 Å². The quantitative estimate of drug-likeness (QED) is 0.537. The third-order valence-corrected chi connectivity index (χ3v) is 3.60. The Kier molecular flexibility index (Phi) is 4.29. The maximum Gasteiger partial charge on any atom is 0.229 e. The van der Waals surface area contributed by atoms with Crippen LogP contribution in [-0.4, -0.2) is 15.0 Å². The Bertz CT molecular complexity index is 987. The highest BCUT2D eigenvalue weighted by atomic mass is 19.1. The van der Waals surface area contributed by atoms with Gasteiger partial charge in [-0.15, -0.1) is 0 Å². The molecule has 7 nitrogen and oxygen atoms in total. The maximum absolute atomic E-state index is 13.9. The molecule has 130 valence electrons. The molecule has 0 fully saturated rings. The van der Waals surface area contributed by atoms with Crippen molar-refractivity contribution in [2.45, 2.75) is 6.54 Å². The first-order chi connectivity index (χ1) is 12.8. The van der Waals surface area contributed by atoms with E-state index in [4.69, 9.17) is 8.83 Å². The van der Waals surface area contributed by atoms with Crippen molar-refractivity contribution in [1.29, 1.82) is 0 Å². The average molecular weight is 351 g/mol. The summed E-state index contributed by atoms with van der Waals surface area (Å²) < 4.78 is 24.1. The van der Waals surface area contributed by atoms with Gasteiger partial charge in [-0.1, -0.05) is 12.1 Å². The number of furan rings is 1. The van der Waals surface area contributed by atoms with Crippen LogP contribution >= 0.6 is 0 Å². The molecule has 2 N–H and O–H groups in total. The number of rotatable bonds is 6. The summed E-state index contributed by atoms with van der Waals surface area (Å²) in [6.07, 6.45) is 5.60. The summed E-state index contributed by atoms with van der Waals surface area (Å²) in [6, 6.07) is 11.1. The zero-order chi connectivity index (χ0) is 17.8. The van der Waals surface area contributed by atoms with Crippen LogP contribution in [0.2, 0.25) is 0 Å². The maximum atomic E-state index is 13.9. The molecule has 0 aliphatic rings. The summed E-state index contributed by atoms with van der Waals surface area (Å²) in [5.41, 5.74) is 2.34. The second kappa shape index (κ2) is 7.06. The van der Waals surface area contributed by atoms with Crippen LogP contribution in [0, 0.1) is 5.82 Å². The lowest BCUT2D eigenvalue weighted by Gasteiger charge is -2.09. The molecule has 4 rings (SSSR count). The van der Waals surface area contributed by atoms with Crippen molar-refractivity contribution in [2.24, 2.45) is 0 Å². The first-order valence-electron chi connectivity index (χ1n) is 7.82. The fourth-order valence-electron chi connectivity index (χ4n) is 2.38. The first kappa shape index (κ1) is 15.8. The molecule has 4 aromatic rings. The summed E-state index contributed by atoms with van der Waals surface area (Å²) >= 11 is 0. The Morgan fingerprint density at radius 2 is 2.08 bits per heavy atom. The van der Waals surface area contributed by atoms with Gasteiger partial charge < -0.3 is 19.5 Å². The van der Waals surface area contributed by atoms with Crippen molar-refractivity contribution >= 4 is 17.5 Å². The number of nitrogens with one attached hydrogen (secondary N) is 2. The van der Waals surface area contributed by atoms with Crippen molar-refractivity contribution < 1.29 is 13.2 Å². The van der Waals surface area contributed by atoms with Gasteiger partial charge in [0.1, 0.15) is 17.7 Å². The summed E-state index contributed by atoms with van der Waals surface area (Å²) in [6.45, 7) is 0.321. The van der Waals surface area contributed by atoms with Gasteiger partial charge in [-0.3, -0.25) is 0 Å². The van der Waals surface area contributed by atoms with Gasteiger partial charge in [0.25, 0.3) is 0 Å². The van der Waals surface area contributed by atoms with E-state index in [0.717, 1.165) is 23.1 Å². The Morgan fingerprint density at radius 3 is 2.88 bits per heavy atom. The fraction of sp³-hybridized carbons (Fsp3) is 0.0556. The van der Waals surface area contributed by atoms with E-state index in [0.29, 0.717) is 12.3 Å². The number of benzene rings is 1. The number of oxazole rings is 1. The monoisotopic (exact) mass is 351 g/mol. The highest BCUT2D eigenvalue weighted by Crippen LogP contribution is 2.23. The molecule has 0 spiro atoms. The SMILES string of the molecule is Fc1cnc(Nc2cccc(-c3cocn3)c2)nc1NCc1ccco1. The van der Waals surface area contributed by atoms with E-state index in [-0.39, 0.29) is 11.8 Å². The molecule has 0 atom stereocenters. The first-order valence-corrected chi connectivity index (χ1v) is 7.82. The zero-order valence-corrected chi connectivity index (χ0v) is 13.5. The lowest BCUT2D eigenvalue weighted by Crippen LogP contribution is -2.06. The van der Waals surface area contributed by atoms with Crippen LogP contribution in [0.1, 0.15) is 5.76 Å². The van der Waals surface area contributed by atoms with E-state index in [2.05, 4.69) is 25.6 Å². The van der Waals surface area contributed by atoms with Crippen LogP contribution in [0.5, 0.6) is 0 Å². The number of aromatic nitrogens is 3. The molecule has 0 radical (unpaired) electrons. The molecular weight excluding hydrogens is 337 g/mol. The molecule has 3 heterocycles. The molecule has 0 aliphatic heterocycles. The minimum absolute atomic E-state index is 0.0894. The van der Waals surface area contributed by atoms with Gasteiger partial charge in [-0.2, -0.15) is 4.98 Å². The highest BCUT2D eigenvalue weighted by molar-refractivity contribution is 5.66. The van der Waals surface area contributed by atoms with E-state index < -0.39 is 5.82 Å². The van der Waals surface area contributed by atoms with Gasteiger partial charge in [0.15, 0.2) is 18.0 Å². The normalized spacial score (nSPS) is 10.7. The average Bonchev–Trinajstić information content (AvgIpc) is 3.36. The number of nitrogens with zero attached hydrogens (tertiary/aromatic N) is 3. The third-order valence-electron chi connectivity index (χ3n) is 3.60. The van der Waals surface area contributed by atoms with Crippen molar-refractivity contribution in [3.05, 3.63) is 73.1 Å². The van der Waals surface area contributed by atoms with Gasteiger partial charge >= 0.3 is 0 Å². The Balaban J connectivity index is 1.51. The lowest BCUT2D eigenvalue weighted by atomic mass is 10.1. The lowest BCUT2D eigenvalue weighted by molar-refractivity contribution is 0.516. The molecular formula is C18H14FN5O2. The predicted octanol–water partition coefficient (Wildman–Crippen LogP) is 4.22. The van der Waals surface area contributed by atoms with Crippen LogP contribution in [0.4, 0.5) is 21.8 Å². The van der Waals surface area contributed by atoms with E-state index >= 15 is 0 Å². The molecule has 1 aromatic carbocycles. The summed E-state index contributed by atoms with van der Waals surface area (Å²) in [7, 11) is 0. The molecule has 8 heteroatoms. The molecule has 3 aromatic heterocycles. The second-order valence-corrected chi connectivity index (χ2v) is 5.40. The second-order valence-electron chi connectivity index (χ2n) is 5.40. The van der Waals surface area contributed by atoms with Crippen molar-refractivity contribution in [1.82, 2.24) is 15.0 Å². The minimum Gasteiger partial charge on any atom is -0.467 e. The van der Waals surface area contributed by atoms with Crippen LogP contribution in [0.15, 0.2) is 70.3 Å². The van der Waals surface area contributed by atoms with E-state index in [1.807, 2.05) is 24.3 Å². The van der Waals surface area contributed by atoms with Crippen molar-refractivity contribution in [3.8, 4) is 11.3 Å². The topological polar surface area (TPSA) is 89.0 Å². The van der Waals surface area contributed by atoms with Gasteiger partial charge in [0, 0.05) is 11.3 Å². The Labute approximate surface area is 147 Å². The van der Waals surface area contributed by atoms with E-state index in [1.54, 1.807) is 24.7 Å². The third kappa shape index (κ3) is 3.54. The molecule has 0 amide bonds. The number of anilines is 3. The molecule has 0 aliphatic carbocycles. The van der Waals surface area contributed by atoms with Crippen LogP contribution in [0.3, 0.4) is 0 Å². The summed E-state index contributed by atoms with van der Waals surface area (Å²) in [4.78, 5) is 12.3. The van der Waals surface area contributed by atoms with Crippen molar-refractivity contribution in [3.63, 3.8) is 0 Å². The molecule has 0 unspecified atom stereocenters. The van der Waals surface area contributed by atoms with Crippen LogP contribution < -0.4 is 10.6 Å². The van der Waals surface area contributed by atoms with Crippen molar-refractivity contribution in [2.75, 3.05) is 10.6 Å². The Morgan fingerprint density at radius 1 is 1.12 bits per heavy atom. The number of hydrogen-bond acceptors (Lipinski definition) is 7. The van der Waals surface area contributed by atoms with Gasteiger partial charge in [0.2, 0.25) is 5.95 Å². The minimum atomic E-state index is -0.543. The van der Waals surface area contributed by atoms with Gasteiger partial charge in [-0.25, -0.2) is 14.4 Å². The van der Waals surface area contributed by atoms with Gasteiger partial charge in [0.05, 0.1) is 19.0 Å². The van der Waals surface area contributed by atoms with Crippen LogP contribution in [-0.2, 0) is 6.54 Å². The molecule has 0 bridgehead atoms. The number of halogens is 1. The summed E-state index contributed by atoms with van der Waals surface area (Å²) in [5.74, 6) is 0.494. The van der Waals surface area contributed by atoms with E-state index in [9.17, 15) is 4.39 Å². The summed E-state index contributed by atoms with van der Waals surface area (Å²) in [5, 5.41) is 5.95. The largest absolute Gasteiger partial charge is 0.467 e.